The summed E-state index contributed by atoms with van der Waals surface area (Å²) < 4.78 is 5.16. The fraction of sp³-hybridized carbons (Fsp3) is 0.389. The largest absolute Gasteiger partial charge is 0.495 e. The van der Waals surface area contributed by atoms with Crippen molar-refractivity contribution in [3.8, 4) is 5.75 Å². The molecule has 2 aromatic rings. The minimum atomic E-state index is -0.257. The maximum absolute atomic E-state index is 12.4. The highest BCUT2D eigenvalue weighted by Gasteiger charge is 2.23. The van der Waals surface area contributed by atoms with Crippen LogP contribution in [0.1, 0.15) is 53.2 Å². The SMILES string of the molecule is COc1ccc(C(C)=O)c(NC(=O)Cc2nc(C3CCC3)cs2)c1Cl. The van der Waals surface area contributed by atoms with Crippen LogP contribution < -0.4 is 10.1 Å². The molecule has 1 heterocycles. The number of hydrogen-bond acceptors (Lipinski definition) is 5. The van der Waals surface area contributed by atoms with Gasteiger partial charge in [-0.15, -0.1) is 11.3 Å². The van der Waals surface area contributed by atoms with Gasteiger partial charge in [-0.05, 0) is 31.9 Å². The second kappa shape index (κ2) is 7.54. The highest BCUT2D eigenvalue weighted by molar-refractivity contribution is 7.09. The predicted octanol–water partition coefficient (Wildman–Crippen LogP) is 4.46. The number of nitrogens with one attached hydrogen (secondary N) is 1. The summed E-state index contributed by atoms with van der Waals surface area (Å²) in [5.41, 5.74) is 1.73. The summed E-state index contributed by atoms with van der Waals surface area (Å²) in [6.45, 7) is 1.43. The summed E-state index contributed by atoms with van der Waals surface area (Å²) in [4.78, 5) is 28.8. The summed E-state index contributed by atoms with van der Waals surface area (Å²) >= 11 is 7.76. The van der Waals surface area contributed by atoms with Crippen LogP contribution in [0.4, 0.5) is 5.69 Å². The fourth-order valence-corrected chi connectivity index (χ4v) is 3.91. The molecule has 1 saturated carbocycles. The van der Waals surface area contributed by atoms with E-state index in [9.17, 15) is 9.59 Å². The molecule has 1 fully saturated rings. The van der Waals surface area contributed by atoms with E-state index < -0.39 is 0 Å². The minimum absolute atomic E-state index is 0.155. The normalized spacial score (nSPS) is 14.0. The van der Waals surface area contributed by atoms with Gasteiger partial charge in [0.25, 0.3) is 0 Å². The van der Waals surface area contributed by atoms with E-state index in [1.165, 1.54) is 44.6 Å². The lowest BCUT2D eigenvalue weighted by molar-refractivity contribution is -0.115. The smallest absolute Gasteiger partial charge is 0.231 e. The van der Waals surface area contributed by atoms with Crippen molar-refractivity contribution in [1.29, 1.82) is 0 Å². The van der Waals surface area contributed by atoms with Crippen LogP contribution in [-0.2, 0) is 11.2 Å². The zero-order chi connectivity index (χ0) is 18.0. The number of methoxy groups -OCH3 is 1. The van der Waals surface area contributed by atoms with Gasteiger partial charge in [-0.25, -0.2) is 4.98 Å². The first-order valence-corrected chi connectivity index (χ1v) is 9.37. The van der Waals surface area contributed by atoms with E-state index in [0.717, 1.165) is 10.7 Å². The molecule has 1 aromatic carbocycles. The van der Waals surface area contributed by atoms with Crippen molar-refractivity contribution in [3.05, 3.63) is 38.8 Å². The van der Waals surface area contributed by atoms with Gasteiger partial charge in [-0.3, -0.25) is 9.59 Å². The van der Waals surface area contributed by atoms with Crippen LogP contribution in [-0.4, -0.2) is 23.8 Å². The third-order valence-electron chi connectivity index (χ3n) is 4.37. The maximum atomic E-state index is 12.4. The molecule has 1 amide bonds. The van der Waals surface area contributed by atoms with Gasteiger partial charge in [-0.1, -0.05) is 18.0 Å². The van der Waals surface area contributed by atoms with Crippen LogP contribution >= 0.6 is 22.9 Å². The molecule has 7 heteroatoms. The molecule has 0 saturated heterocycles. The van der Waals surface area contributed by atoms with E-state index in [1.54, 1.807) is 12.1 Å². The molecule has 0 radical (unpaired) electrons. The molecule has 1 aromatic heterocycles. The van der Waals surface area contributed by atoms with Gasteiger partial charge in [0.1, 0.15) is 15.8 Å². The number of aromatic nitrogens is 1. The minimum Gasteiger partial charge on any atom is -0.495 e. The molecule has 1 N–H and O–H groups in total. The Morgan fingerprint density at radius 3 is 2.76 bits per heavy atom. The first kappa shape index (κ1) is 17.9. The maximum Gasteiger partial charge on any atom is 0.231 e. The van der Waals surface area contributed by atoms with Crippen LogP contribution in [0.5, 0.6) is 5.75 Å². The third kappa shape index (κ3) is 3.85. The van der Waals surface area contributed by atoms with E-state index in [1.807, 2.05) is 5.38 Å². The molecule has 0 aliphatic heterocycles. The Morgan fingerprint density at radius 2 is 2.16 bits per heavy atom. The second-order valence-corrected chi connectivity index (χ2v) is 7.40. The van der Waals surface area contributed by atoms with Crippen LogP contribution in [0, 0.1) is 0 Å². The monoisotopic (exact) mass is 378 g/mol. The summed E-state index contributed by atoms with van der Waals surface area (Å²) in [5, 5.41) is 5.77. The van der Waals surface area contributed by atoms with Crippen molar-refractivity contribution < 1.29 is 14.3 Å². The Bertz CT molecular complexity index is 815. The first-order valence-electron chi connectivity index (χ1n) is 8.11. The molecule has 0 atom stereocenters. The summed E-state index contributed by atoms with van der Waals surface area (Å²) in [7, 11) is 1.48. The Morgan fingerprint density at radius 1 is 1.40 bits per heavy atom. The first-order chi connectivity index (χ1) is 12.0. The van der Waals surface area contributed by atoms with Crippen LogP contribution in [0.2, 0.25) is 5.02 Å². The highest BCUT2D eigenvalue weighted by Crippen LogP contribution is 2.37. The zero-order valence-corrected chi connectivity index (χ0v) is 15.7. The van der Waals surface area contributed by atoms with E-state index in [4.69, 9.17) is 16.3 Å². The molecule has 3 rings (SSSR count). The Balaban J connectivity index is 1.75. The number of nitrogens with zero attached hydrogens (tertiary/aromatic N) is 1. The number of halogens is 1. The number of ketones is 1. The fourth-order valence-electron chi connectivity index (χ4n) is 2.75. The number of ether oxygens (including phenoxy) is 1. The number of rotatable bonds is 6. The average Bonchev–Trinajstić information content (AvgIpc) is 2.94. The number of carbonyl (C=O) groups is 2. The van der Waals surface area contributed by atoms with Crippen molar-refractivity contribution in [2.45, 2.75) is 38.5 Å². The molecule has 0 bridgehead atoms. The van der Waals surface area contributed by atoms with Crippen molar-refractivity contribution in [3.63, 3.8) is 0 Å². The van der Waals surface area contributed by atoms with Crippen molar-refractivity contribution >= 4 is 40.3 Å². The second-order valence-electron chi connectivity index (χ2n) is 6.08. The molecule has 25 heavy (non-hydrogen) atoms. The lowest BCUT2D eigenvalue weighted by atomic mass is 9.83. The average molecular weight is 379 g/mol. The highest BCUT2D eigenvalue weighted by atomic mass is 35.5. The number of Topliss-reactive ketones (excluding diaryl/α,β-unsaturated/α-hetero) is 1. The Hall–Kier alpha value is -1.92. The van der Waals surface area contributed by atoms with Crippen molar-refractivity contribution in [2.24, 2.45) is 0 Å². The number of amides is 1. The molecular formula is C18H19ClN2O3S. The molecule has 0 unspecified atom stereocenters. The topological polar surface area (TPSA) is 68.3 Å². The standard InChI is InChI=1S/C18H19ClN2O3S/c1-10(22)12-6-7-14(24-2)17(19)18(12)21-15(23)8-16-20-13(9-25-16)11-4-3-5-11/h6-7,9,11H,3-5,8H2,1-2H3,(H,21,23). The number of carbonyl (C=O) groups excluding carboxylic acids is 2. The van der Waals surface area contributed by atoms with Gasteiger partial charge in [0, 0.05) is 16.9 Å². The molecule has 5 nitrogen and oxygen atoms in total. The van der Waals surface area contributed by atoms with Gasteiger partial charge in [-0.2, -0.15) is 0 Å². The van der Waals surface area contributed by atoms with Gasteiger partial charge in [0.05, 0.1) is 24.9 Å². The number of anilines is 1. The van der Waals surface area contributed by atoms with Crippen LogP contribution in [0.25, 0.3) is 0 Å². The molecule has 0 spiro atoms. The third-order valence-corrected chi connectivity index (χ3v) is 5.62. The number of benzene rings is 1. The quantitative estimate of drug-likeness (QED) is 0.753. The summed E-state index contributed by atoms with van der Waals surface area (Å²) in [6.07, 6.45) is 3.76. The van der Waals surface area contributed by atoms with Crippen LogP contribution in [0.15, 0.2) is 17.5 Å². The lowest BCUT2D eigenvalue weighted by Crippen LogP contribution is -2.17. The lowest BCUT2D eigenvalue weighted by Gasteiger charge is -2.22. The van der Waals surface area contributed by atoms with Crippen molar-refractivity contribution in [2.75, 3.05) is 12.4 Å². The van der Waals surface area contributed by atoms with Gasteiger partial charge in [0.2, 0.25) is 5.91 Å². The van der Waals surface area contributed by atoms with E-state index >= 15 is 0 Å². The summed E-state index contributed by atoms with van der Waals surface area (Å²) in [5.74, 6) is 0.516. The zero-order valence-electron chi connectivity index (χ0n) is 14.1. The molecule has 1 aliphatic rings. The molecular weight excluding hydrogens is 360 g/mol. The van der Waals surface area contributed by atoms with Crippen LogP contribution in [0.3, 0.4) is 0 Å². The van der Waals surface area contributed by atoms with Gasteiger partial charge in [0.15, 0.2) is 5.78 Å². The Kier molecular flexibility index (Phi) is 5.39. The molecule has 1 aliphatic carbocycles. The van der Waals surface area contributed by atoms with E-state index in [0.29, 0.717) is 17.2 Å². The number of hydrogen-bond donors (Lipinski definition) is 1. The van der Waals surface area contributed by atoms with Gasteiger partial charge < -0.3 is 10.1 Å². The summed E-state index contributed by atoms with van der Waals surface area (Å²) in [6, 6.07) is 3.21. The van der Waals surface area contributed by atoms with E-state index in [2.05, 4.69) is 10.3 Å². The molecule has 132 valence electrons. The number of thiazole rings is 1. The van der Waals surface area contributed by atoms with Gasteiger partial charge >= 0.3 is 0 Å². The predicted molar refractivity (Wildman–Crippen MR) is 99.0 cm³/mol. The van der Waals surface area contributed by atoms with Crippen molar-refractivity contribution in [1.82, 2.24) is 4.98 Å². The van der Waals surface area contributed by atoms with E-state index in [-0.39, 0.29) is 28.8 Å². The Labute approximate surface area is 155 Å².